The summed E-state index contributed by atoms with van der Waals surface area (Å²) >= 11 is 1.67. The number of hydrogen-bond donors (Lipinski definition) is 1. The molecule has 2 fully saturated rings. The molecule has 10 heteroatoms. The van der Waals surface area contributed by atoms with E-state index in [-0.39, 0.29) is 23.8 Å². The Balaban J connectivity index is 1.09. The number of carbonyl (C=O) groups is 2. The third kappa shape index (κ3) is 5.00. The number of rotatable bonds is 7. The molecule has 0 radical (unpaired) electrons. The average molecular weight is 658 g/mol. The molecule has 1 saturated carbocycles. The summed E-state index contributed by atoms with van der Waals surface area (Å²) < 4.78 is 6.31. The fourth-order valence-corrected chi connectivity index (χ4v) is 9.20. The number of nitrogens with zero attached hydrogens (tertiary/aromatic N) is 5. The quantitative estimate of drug-likeness (QED) is 0.193. The number of piperidine rings is 1. The van der Waals surface area contributed by atoms with Crippen molar-refractivity contribution in [1.29, 1.82) is 5.26 Å². The summed E-state index contributed by atoms with van der Waals surface area (Å²) in [6, 6.07) is 18.9. The van der Waals surface area contributed by atoms with Gasteiger partial charge in [0.05, 0.1) is 30.3 Å². The molecule has 4 heterocycles. The van der Waals surface area contributed by atoms with E-state index in [0.29, 0.717) is 55.0 Å². The van der Waals surface area contributed by atoms with E-state index in [2.05, 4.69) is 49.1 Å². The minimum Gasteiger partial charge on any atom is -0.481 e. The van der Waals surface area contributed by atoms with Gasteiger partial charge in [-0.25, -0.2) is 9.97 Å². The molecule has 1 amide bonds. The van der Waals surface area contributed by atoms with E-state index in [9.17, 15) is 20.0 Å². The van der Waals surface area contributed by atoms with Gasteiger partial charge in [-0.15, -0.1) is 11.3 Å². The number of thiazole rings is 1. The number of carboxylic acids is 1. The zero-order valence-electron chi connectivity index (χ0n) is 27.1. The summed E-state index contributed by atoms with van der Waals surface area (Å²) in [5, 5.41) is 20.6. The lowest BCUT2D eigenvalue weighted by Crippen LogP contribution is -2.37. The lowest BCUT2D eigenvalue weighted by atomic mass is 9.91. The highest BCUT2D eigenvalue weighted by Crippen LogP contribution is 2.44. The van der Waals surface area contributed by atoms with E-state index in [0.717, 1.165) is 67.5 Å². The van der Waals surface area contributed by atoms with Gasteiger partial charge < -0.3 is 14.4 Å². The second kappa shape index (κ2) is 11.7. The summed E-state index contributed by atoms with van der Waals surface area (Å²) in [6.07, 6.45) is 2.11. The van der Waals surface area contributed by atoms with Gasteiger partial charge in [0.15, 0.2) is 5.58 Å². The van der Waals surface area contributed by atoms with E-state index in [4.69, 9.17) is 14.4 Å². The first-order chi connectivity index (χ1) is 23.2. The second-order valence-corrected chi connectivity index (χ2v) is 14.4. The van der Waals surface area contributed by atoms with Crippen LogP contribution in [0.15, 0.2) is 52.9 Å². The van der Waals surface area contributed by atoms with Crippen molar-refractivity contribution in [1.82, 2.24) is 19.8 Å². The maximum Gasteiger partial charge on any atom is 0.306 e. The van der Waals surface area contributed by atoms with E-state index >= 15 is 0 Å². The number of oxazole rings is 1. The number of fused-ring (bicyclic) bond motifs is 4. The van der Waals surface area contributed by atoms with Crippen LogP contribution in [-0.4, -0.2) is 49.3 Å². The predicted molar refractivity (Wildman–Crippen MR) is 183 cm³/mol. The van der Waals surface area contributed by atoms with Crippen molar-refractivity contribution in [3.8, 4) is 39.2 Å². The van der Waals surface area contributed by atoms with Gasteiger partial charge in [-0.1, -0.05) is 37.3 Å². The molecule has 3 aliphatic rings. The molecule has 3 atom stereocenters. The Labute approximate surface area is 282 Å². The molecule has 3 unspecified atom stereocenters. The number of aromatic nitrogens is 2. The van der Waals surface area contributed by atoms with Gasteiger partial charge in [-0.05, 0) is 78.6 Å². The Hall–Kier alpha value is -4.85. The Morgan fingerprint density at radius 2 is 1.75 bits per heavy atom. The summed E-state index contributed by atoms with van der Waals surface area (Å²) in [6.45, 7) is 8.72. The van der Waals surface area contributed by atoms with Crippen molar-refractivity contribution in [2.75, 3.05) is 6.54 Å². The molecule has 1 N–H and O–H groups in total. The molecule has 5 aromatic rings. The van der Waals surface area contributed by atoms with Crippen LogP contribution in [0.2, 0.25) is 0 Å². The topological polar surface area (TPSA) is 124 Å². The highest BCUT2D eigenvalue weighted by Gasteiger charge is 2.47. The molecule has 48 heavy (non-hydrogen) atoms. The molecule has 3 aromatic carbocycles. The maximum absolute atomic E-state index is 12.2. The van der Waals surface area contributed by atoms with Gasteiger partial charge in [-0.3, -0.25) is 14.5 Å². The van der Waals surface area contributed by atoms with E-state index < -0.39 is 5.97 Å². The van der Waals surface area contributed by atoms with Crippen molar-refractivity contribution in [2.24, 2.45) is 11.8 Å². The number of aliphatic carboxylic acids is 1. The van der Waals surface area contributed by atoms with Gasteiger partial charge in [0.1, 0.15) is 16.6 Å². The summed E-state index contributed by atoms with van der Waals surface area (Å²) in [7, 11) is 0. The summed E-state index contributed by atoms with van der Waals surface area (Å²) in [5.41, 5.74) is 9.83. The van der Waals surface area contributed by atoms with Gasteiger partial charge in [-0.2, -0.15) is 5.26 Å². The third-order valence-corrected chi connectivity index (χ3v) is 11.7. The molecule has 2 aromatic heterocycles. The van der Waals surface area contributed by atoms with Crippen LogP contribution < -0.4 is 0 Å². The number of amides is 1. The van der Waals surface area contributed by atoms with Gasteiger partial charge in [0, 0.05) is 41.6 Å². The lowest BCUT2D eigenvalue weighted by Gasteiger charge is -2.29. The molecule has 2 bridgehead atoms. The summed E-state index contributed by atoms with van der Waals surface area (Å²) in [4.78, 5) is 39.0. The van der Waals surface area contributed by atoms with Crippen molar-refractivity contribution in [3.63, 3.8) is 0 Å². The lowest BCUT2D eigenvalue weighted by molar-refractivity contribution is -0.144. The molecule has 1 aliphatic carbocycles. The highest BCUT2D eigenvalue weighted by atomic mass is 32.1. The van der Waals surface area contributed by atoms with Crippen LogP contribution in [0.4, 0.5) is 0 Å². The SMILES string of the molecule is CCC(=O)N1Cc2nc(-c3cccc(-c4cccc(-c5nc6cc(CN7CC8CC7CC8C(=O)O)cc(C#N)c6o5)c4C)c3C)sc2C1. The first kappa shape index (κ1) is 30.5. The molecule has 2 aliphatic heterocycles. The van der Waals surface area contributed by atoms with E-state index in [1.54, 1.807) is 11.3 Å². The van der Waals surface area contributed by atoms with Crippen molar-refractivity contribution < 1.29 is 19.1 Å². The van der Waals surface area contributed by atoms with Crippen molar-refractivity contribution >= 4 is 34.3 Å². The first-order valence-electron chi connectivity index (χ1n) is 16.5. The standard InChI is InChI=1S/C38H35N5O4S/c1-4-34(44)43-18-32-33(19-43)48-37(41-32)29-10-6-8-27(21(29)3)26-7-5-9-28(20(26)2)36-40-31-12-22(11-23(15-39)35(31)47-36)16-42-17-24-13-25(42)14-30(24)38(45)46/h5-12,24-25,30H,4,13-14,16-19H2,1-3H3,(H,45,46). The second-order valence-electron chi connectivity index (χ2n) is 13.3. The van der Waals surface area contributed by atoms with Gasteiger partial charge in [0.25, 0.3) is 0 Å². The zero-order valence-corrected chi connectivity index (χ0v) is 27.9. The predicted octanol–water partition coefficient (Wildman–Crippen LogP) is 7.32. The molecule has 242 valence electrons. The third-order valence-electron chi connectivity index (χ3n) is 10.6. The van der Waals surface area contributed by atoms with Crippen molar-refractivity contribution in [2.45, 2.75) is 65.7 Å². The van der Waals surface area contributed by atoms with Crippen molar-refractivity contribution in [3.05, 3.63) is 81.4 Å². The Bertz CT molecular complexity index is 2150. The Morgan fingerprint density at radius 1 is 1.02 bits per heavy atom. The maximum atomic E-state index is 12.2. The van der Waals surface area contributed by atoms with E-state index in [1.165, 1.54) is 0 Å². The van der Waals surface area contributed by atoms with Crippen LogP contribution in [0.25, 0.3) is 44.3 Å². The highest BCUT2D eigenvalue weighted by molar-refractivity contribution is 7.15. The Kier molecular flexibility index (Phi) is 7.42. The fraction of sp³-hybridized carbons (Fsp3) is 0.342. The first-order valence-corrected chi connectivity index (χ1v) is 17.3. The van der Waals surface area contributed by atoms with Crippen LogP contribution in [0.5, 0.6) is 0 Å². The molecular weight excluding hydrogens is 623 g/mol. The Morgan fingerprint density at radius 3 is 2.42 bits per heavy atom. The number of likely N-dealkylation sites (tertiary alicyclic amines) is 1. The number of carbonyl (C=O) groups excluding carboxylic acids is 1. The van der Waals surface area contributed by atoms with Gasteiger partial charge in [0.2, 0.25) is 11.8 Å². The van der Waals surface area contributed by atoms with Crippen LogP contribution >= 0.6 is 11.3 Å². The zero-order chi connectivity index (χ0) is 33.3. The fourth-order valence-electron chi connectivity index (χ4n) is 8.03. The smallest absolute Gasteiger partial charge is 0.306 e. The number of carboxylic acid groups (broad SMARTS) is 1. The van der Waals surface area contributed by atoms with Crippen LogP contribution in [-0.2, 0) is 29.2 Å². The molecule has 8 rings (SSSR count). The number of hydrogen-bond acceptors (Lipinski definition) is 8. The minimum absolute atomic E-state index is 0.157. The molecule has 1 saturated heterocycles. The van der Waals surface area contributed by atoms with E-state index in [1.807, 2.05) is 36.1 Å². The van der Waals surface area contributed by atoms with Gasteiger partial charge >= 0.3 is 5.97 Å². The molecule has 0 spiro atoms. The minimum atomic E-state index is -0.686. The molecular formula is C38H35N5O4S. The van der Waals surface area contributed by atoms with Crippen LogP contribution in [0, 0.1) is 37.0 Å². The average Bonchev–Trinajstić information content (AvgIpc) is 3.90. The number of benzene rings is 3. The normalized spacial score (nSPS) is 20.0. The molecule has 9 nitrogen and oxygen atoms in total. The summed E-state index contributed by atoms with van der Waals surface area (Å²) in [5.74, 6) is -0.113. The number of nitriles is 1. The monoisotopic (exact) mass is 657 g/mol. The largest absolute Gasteiger partial charge is 0.481 e. The van der Waals surface area contributed by atoms with Crippen LogP contribution in [0.3, 0.4) is 0 Å². The van der Waals surface area contributed by atoms with Crippen LogP contribution in [0.1, 0.15) is 59.0 Å².